The van der Waals surface area contributed by atoms with E-state index >= 15 is 0 Å². The molecule has 2 heterocycles. The first kappa shape index (κ1) is 22.3. The van der Waals surface area contributed by atoms with Crippen molar-refractivity contribution in [3.05, 3.63) is 83.8 Å². The zero-order valence-corrected chi connectivity index (χ0v) is 18.7. The molecule has 0 atom stereocenters. The fraction of sp³-hybridized carbons (Fsp3) is 0.0455. The van der Waals surface area contributed by atoms with Gasteiger partial charge in [0, 0.05) is 24.9 Å². The third kappa shape index (κ3) is 4.01. The van der Waals surface area contributed by atoms with Crippen molar-refractivity contribution in [3.63, 3.8) is 0 Å². The Kier molecular flexibility index (Phi) is 5.79. The Labute approximate surface area is 194 Å². The van der Waals surface area contributed by atoms with Gasteiger partial charge in [0.1, 0.15) is 22.1 Å². The first-order valence-electron chi connectivity index (χ1n) is 9.51. The number of hydrogen-bond acceptors (Lipinski definition) is 7. The summed E-state index contributed by atoms with van der Waals surface area (Å²) in [5.41, 5.74) is 0.788. The Hall–Kier alpha value is -3.89. The molecule has 0 unspecified atom stereocenters. The van der Waals surface area contributed by atoms with Gasteiger partial charge in [-0.2, -0.15) is 5.10 Å². The molecular weight excluding hydrogens is 468 g/mol. The summed E-state index contributed by atoms with van der Waals surface area (Å²) < 4.78 is 28.3. The van der Waals surface area contributed by atoms with Crippen molar-refractivity contribution < 1.29 is 23.4 Å². The van der Waals surface area contributed by atoms with Crippen LogP contribution in [0.2, 0.25) is 5.02 Å². The molecule has 11 heteroatoms. The summed E-state index contributed by atoms with van der Waals surface area (Å²) in [5.74, 6) is -1.99. The molecule has 0 bridgehead atoms. The van der Waals surface area contributed by atoms with E-state index in [-0.39, 0.29) is 17.0 Å². The number of aromatic nitrogens is 3. The number of nitrogens with zero attached hydrogens (tertiary/aromatic N) is 4. The number of benzene rings is 2. The molecule has 0 fully saturated rings. The summed E-state index contributed by atoms with van der Waals surface area (Å²) >= 11 is 6.27. The van der Waals surface area contributed by atoms with Crippen LogP contribution in [0.1, 0.15) is 10.5 Å². The zero-order valence-electron chi connectivity index (χ0n) is 17.1. The summed E-state index contributed by atoms with van der Waals surface area (Å²) in [6, 6.07) is 14.9. The molecule has 9 nitrogen and oxygen atoms in total. The Morgan fingerprint density at radius 2 is 1.73 bits per heavy atom. The van der Waals surface area contributed by atoms with E-state index in [0.717, 1.165) is 19.2 Å². The van der Waals surface area contributed by atoms with Crippen molar-refractivity contribution >= 4 is 27.5 Å². The summed E-state index contributed by atoms with van der Waals surface area (Å²) in [4.78, 5) is 16.0. The molecule has 2 aromatic carbocycles. The third-order valence-corrected chi connectivity index (χ3v) is 6.97. The first-order chi connectivity index (χ1) is 15.7. The highest BCUT2D eigenvalue weighted by molar-refractivity contribution is 7.89. The molecule has 1 amide bonds. The second-order valence-corrected chi connectivity index (χ2v) is 9.25. The number of hydrogen-bond donors (Lipinski definition) is 2. The van der Waals surface area contributed by atoms with Crippen molar-refractivity contribution in [2.45, 2.75) is 4.90 Å². The standard InChI is InChI=1S/C22H17ClN4O5S/c1-26(22(30)16-7-4-5-10-24-16)33(31,32)21-12-14(19(28)13-20(21)29)17-9-11-25-27(17)18-8-3-2-6-15(18)23/h2-13,28-29H,1H3. The molecule has 0 aliphatic rings. The van der Waals surface area contributed by atoms with Gasteiger partial charge in [0.25, 0.3) is 15.9 Å². The molecule has 4 aromatic rings. The second-order valence-electron chi connectivity index (χ2n) is 6.91. The molecule has 2 N–H and O–H groups in total. The summed E-state index contributed by atoms with van der Waals surface area (Å²) in [6.45, 7) is 0. The van der Waals surface area contributed by atoms with Crippen molar-refractivity contribution in [1.82, 2.24) is 19.1 Å². The van der Waals surface area contributed by atoms with E-state index in [1.807, 2.05) is 0 Å². The Morgan fingerprint density at radius 1 is 1.00 bits per heavy atom. The van der Waals surface area contributed by atoms with Crippen molar-refractivity contribution in [2.75, 3.05) is 7.05 Å². The fourth-order valence-electron chi connectivity index (χ4n) is 3.20. The molecule has 168 valence electrons. The smallest absolute Gasteiger partial charge is 0.285 e. The highest BCUT2D eigenvalue weighted by Crippen LogP contribution is 2.39. The van der Waals surface area contributed by atoms with Crippen molar-refractivity contribution in [2.24, 2.45) is 0 Å². The maximum Gasteiger partial charge on any atom is 0.285 e. The molecule has 33 heavy (non-hydrogen) atoms. The lowest BCUT2D eigenvalue weighted by Gasteiger charge is -2.19. The molecule has 0 aliphatic heterocycles. The number of carbonyl (C=O) groups excluding carboxylic acids is 1. The van der Waals surface area contributed by atoms with Crippen LogP contribution in [0.5, 0.6) is 11.5 Å². The lowest BCUT2D eigenvalue weighted by molar-refractivity contribution is 0.0877. The van der Waals surface area contributed by atoms with Crippen LogP contribution in [0, 0.1) is 0 Å². The maximum absolute atomic E-state index is 13.2. The Bertz CT molecular complexity index is 1450. The van der Waals surface area contributed by atoms with Gasteiger partial charge < -0.3 is 10.2 Å². The van der Waals surface area contributed by atoms with Crippen molar-refractivity contribution in [1.29, 1.82) is 0 Å². The minimum Gasteiger partial charge on any atom is -0.507 e. The van der Waals surface area contributed by atoms with Gasteiger partial charge in [0.15, 0.2) is 0 Å². The van der Waals surface area contributed by atoms with Gasteiger partial charge in [-0.3, -0.25) is 9.78 Å². The summed E-state index contributed by atoms with van der Waals surface area (Å²) in [5, 5.41) is 25.4. The average Bonchev–Trinajstić information content (AvgIpc) is 3.28. The maximum atomic E-state index is 13.2. The Balaban J connectivity index is 1.82. The van der Waals surface area contributed by atoms with Crippen LogP contribution in [0.4, 0.5) is 0 Å². The molecule has 0 saturated carbocycles. The molecule has 0 aliphatic carbocycles. The topological polar surface area (TPSA) is 126 Å². The van der Waals surface area contributed by atoms with E-state index < -0.39 is 26.6 Å². The number of para-hydroxylation sites is 1. The number of pyridine rings is 1. The molecule has 4 rings (SSSR count). The highest BCUT2D eigenvalue weighted by Gasteiger charge is 2.31. The Morgan fingerprint density at radius 3 is 2.42 bits per heavy atom. The van der Waals surface area contributed by atoms with Gasteiger partial charge in [-0.05, 0) is 36.4 Å². The number of sulfonamides is 1. The quantitative estimate of drug-likeness (QED) is 0.444. The van der Waals surface area contributed by atoms with Gasteiger partial charge in [-0.1, -0.05) is 29.8 Å². The molecule has 0 saturated heterocycles. The molecular formula is C22H17ClN4O5S. The van der Waals surface area contributed by atoms with Gasteiger partial charge in [-0.25, -0.2) is 17.4 Å². The van der Waals surface area contributed by atoms with E-state index in [9.17, 15) is 23.4 Å². The number of amides is 1. The van der Waals surface area contributed by atoms with E-state index in [0.29, 0.717) is 20.7 Å². The fourth-order valence-corrected chi connectivity index (χ4v) is 4.61. The monoisotopic (exact) mass is 484 g/mol. The lowest BCUT2D eigenvalue weighted by atomic mass is 10.1. The van der Waals surface area contributed by atoms with Crippen LogP contribution in [-0.2, 0) is 10.0 Å². The number of carbonyl (C=O) groups is 1. The minimum atomic E-state index is -4.51. The number of aromatic hydroxyl groups is 2. The van der Waals surface area contributed by atoms with Gasteiger partial charge >= 0.3 is 0 Å². The predicted molar refractivity (Wildman–Crippen MR) is 121 cm³/mol. The van der Waals surface area contributed by atoms with E-state index in [2.05, 4.69) is 10.1 Å². The van der Waals surface area contributed by atoms with Gasteiger partial charge in [0.2, 0.25) is 0 Å². The summed E-state index contributed by atoms with van der Waals surface area (Å²) in [6.07, 6.45) is 2.82. The zero-order chi connectivity index (χ0) is 23.8. The second kappa shape index (κ2) is 8.57. The molecule has 2 aromatic heterocycles. The largest absolute Gasteiger partial charge is 0.507 e. The van der Waals surface area contributed by atoms with Crippen LogP contribution < -0.4 is 0 Å². The van der Waals surface area contributed by atoms with Gasteiger partial charge in [0.05, 0.1) is 22.6 Å². The summed E-state index contributed by atoms with van der Waals surface area (Å²) in [7, 11) is -3.44. The van der Waals surface area contributed by atoms with E-state index in [4.69, 9.17) is 11.6 Å². The van der Waals surface area contributed by atoms with E-state index in [1.165, 1.54) is 23.1 Å². The lowest BCUT2D eigenvalue weighted by Crippen LogP contribution is -2.33. The highest BCUT2D eigenvalue weighted by atomic mass is 35.5. The van der Waals surface area contributed by atoms with Crippen molar-refractivity contribution in [3.8, 4) is 28.4 Å². The van der Waals surface area contributed by atoms with E-state index in [1.54, 1.807) is 42.5 Å². The van der Waals surface area contributed by atoms with Crippen LogP contribution in [0.25, 0.3) is 16.9 Å². The number of phenols is 2. The number of rotatable bonds is 5. The predicted octanol–water partition coefficient (Wildman–Crippen LogP) is 3.46. The first-order valence-corrected chi connectivity index (χ1v) is 11.3. The number of phenolic OH excluding ortho intramolecular Hbond substituents is 2. The minimum absolute atomic E-state index is 0.0579. The van der Waals surface area contributed by atoms with Crippen LogP contribution in [0.15, 0.2) is 78.0 Å². The SMILES string of the molecule is CN(C(=O)c1ccccn1)S(=O)(=O)c1cc(-c2ccnn2-c2ccccc2Cl)c(O)cc1O. The molecule has 0 radical (unpaired) electrons. The third-order valence-electron chi connectivity index (χ3n) is 4.89. The van der Waals surface area contributed by atoms with Crippen LogP contribution >= 0.6 is 11.6 Å². The van der Waals surface area contributed by atoms with Gasteiger partial charge in [-0.15, -0.1) is 0 Å². The molecule has 0 spiro atoms. The average molecular weight is 485 g/mol. The normalized spacial score (nSPS) is 11.3. The number of halogens is 1. The van der Waals surface area contributed by atoms with Crippen LogP contribution in [-0.4, -0.2) is 50.7 Å². The van der Waals surface area contributed by atoms with Crippen LogP contribution in [0.3, 0.4) is 0 Å².